The lowest BCUT2D eigenvalue weighted by molar-refractivity contribution is 0.138. The van der Waals surface area contributed by atoms with Gasteiger partial charge in [-0.2, -0.15) is 0 Å². The van der Waals surface area contributed by atoms with E-state index < -0.39 is 0 Å². The van der Waals surface area contributed by atoms with Crippen molar-refractivity contribution in [3.8, 4) is 11.5 Å². The van der Waals surface area contributed by atoms with Crippen LogP contribution >= 0.6 is 0 Å². The summed E-state index contributed by atoms with van der Waals surface area (Å²) in [5.74, 6) is 1.64. The van der Waals surface area contributed by atoms with Crippen LogP contribution < -0.4 is 14.8 Å². The minimum Gasteiger partial charge on any atom is -0.493 e. The molecule has 2 saturated heterocycles. The van der Waals surface area contributed by atoms with E-state index in [2.05, 4.69) is 17.4 Å². The number of rotatable bonds is 4. The van der Waals surface area contributed by atoms with E-state index in [4.69, 9.17) is 14.2 Å². The van der Waals surface area contributed by atoms with Crippen molar-refractivity contribution < 1.29 is 14.2 Å². The van der Waals surface area contributed by atoms with Crippen molar-refractivity contribution in [3.05, 3.63) is 23.8 Å². The Balaban J connectivity index is 1.79. The minimum atomic E-state index is 0.153. The van der Waals surface area contributed by atoms with Crippen molar-refractivity contribution in [1.82, 2.24) is 5.32 Å². The Bertz CT molecular complexity index is 423. The van der Waals surface area contributed by atoms with E-state index in [-0.39, 0.29) is 6.10 Å². The highest BCUT2D eigenvalue weighted by atomic mass is 16.6. The number of hydrogen-bond donors (Lipinski definition) is 1. The maximum atomic E-state index is 6.02. The minimum absolute atomic E-state index is 0.153. The quantitative estimate of drug-likeness (QED) is 0.904. The molecule has 1 aromatic rings. The zero-order chi connectivity index (χ0) is 13.1. The molecule has 0 saturated carbocycles. The predicted octanol–water partition coefficient (Wildman–Crippen LogP) is 2.29. The van der Waals surface area contributed by atoms with Crippen LogP contribution in [0.15, 0.2) is 18.2 Å². The Morgan fingerprint density at radius 2 is 2.21 bits per heavy atom. The van der Waals surface area contributed by atoms with Crippen LogP contribution in [0.2, 0.25) is 0 Å². The fourth-order valence-electron chi connectivity index (χ4n) is 2.76. The average Bonchev–Trinajstić information content (AvgIpc) is 3.11. The first-order valence-electron chi connectivity index (χ1n) is 7.02. The Hall–Kier alpha value is -1.26. The second-order valence-electron chi connectivity index (χ2n) is 5.16. The van der Waals surface area contributed by atoms with Gasteiger partial charge in [0.15, 0.2) is 11.5 Å². The molecular weight excluding hydrogens is 242 g/mol. The maximum Gasteiger partial charge on any atom is 0.162 e. The van der Waals surface area contributed by atoms with E-state index in [1.165, 1.54) is 18.4 Å². The van der Waals surface area contributed by atoms with Crippen LogP contribution in [0.1, 0.15) is 30.9 Å². The summed E-state index contributed by atoms with van der Waals surface area (Å²) in [6, 6.07) is 6.69. The van der Waals surface area contributed by atoms with Crippen LogP contribution in [-0.2, 0) is 4.74 Å². The molecule has 0 aromatic heterocycles. The molecule has 2 atom stereocenters. The van der Waals surface area contributed by atoms with Gasteiger partial charge >= 0.3 is 0 Å². The van der Waals surface area contributed by atoms with E-state index in [0.29, 0.717) is 12.6 Å². The molecular formula is C15H21NO3. The highest BCUT2D eigenvalue weighted by Crippen LogP contribution is 2.34. The Kier molecular flexibility index (Phi) is 3.89. The first kappa shape index (κ1) is 12.8. The Labute approximate surface area is 114 Å². The predicted molar refractivity (Wildman–Crippen MR) is 72.8 cm³/mol. The molecule has 0 bridgehead atoms. The van der Waals surface area contributed by atoms with Gasteiger partial charge in [0.25, 0.3) is 0 Å². The zero-order valence-corrected chi connectivity index (χ0v) is 11.4. The largest absolute Gasteiger partial charge is 0.493 e. The molecule has 2 heterocycles. The summed E-state index contributed by atoms with van der Waals surface area (Å²) in [7, 11) is 1.68. The molecule has 1 N–H and O–H groups in total. The van der Waals surface area contributed by atoms with Gasteiger partial charge in [-0.1, -0.05) is 6.07 Å². The van der Waals surface area contributed by atoms with Crippen molar-refractivity contribution in [2.45, 2.75) is 31.4 Å². The number of nitrogens with one attached hydrogen (secondary N) is 1. The number of ether oxygens (including phenoxy) is 3. The third-order valence-electron chi connectivity index (χ3n) is 3.83. The van der Waals surface area contributed by atoms with Crippen LogP contribution in [0.4, 0.5) is 0 Å². The molecule has 1 aromatic carbocycles. The standard InChI is InChI=1S/C15H21NO3/c1-17-14-5-4-11(13-3-2-7-16-13)9-15(14)19-12-6-8-18-10-12/h4-5,9,12-13,16H,2-3,6-8,10H2,1H3. The summed E-state index contributed by atoms with van der Waals surface area (Å²) < 4.78 is 16.8. The van der Waals surface area contributed by atoms with Crippen LogP contribution in [-0.4, -0.2) is 33.0 Å². The van der Waals surface area contributed by atoms with Gasteiger partial charge in [0.1, 0.15) is 6.10 Å². The van der Waals surface area contributed by atoms with E-state index in [9.17, 15) is 0 Å². The molecule has 2 aliphatic rings. The van der Waals surface area contributed by atoms with E-state index in [1.54, 1.807) is 7.11 Å². The zero-order valence-electron chi connectivity index (χ0n) is 11.4. The smallest absolute Gasteiger partial charge is 0.162 e. The lowest BCUT2D eigenvalue weighted by Gasteiger charge is -2.18. The molecule has 0 radical (unpaired) electrons. The molecule has 0 amide bonds. The molecule has 104 valence electrons. The molecule has 2 unspecified atom stereocenters. The van der Waals surface area contributed by atoms with Crippen molar-refractivity contribution in [2.24, 2.45) is 0 Å². The summed E-state index contributed by atoms with van der Waals surface area (Å²) in [5.41, 5.74) is 1.28. The fourth-order valence-corrected chi connectivity index (χ4v) is 2.76. The summed E-state index contributed by atoms with van der Waals surface area (Å²) in [6.45, 7) is 2.56. The molecule has 4 heteroatoms. The summed E-state index contributed by atoms with van der Waals surface area (Å²) in [6.07, 6.45) is 3.54. The second kappa shape index (κ2) is 5.80. The van der Waals surface area contributed by atoms with Crippen molar-refractivity contribution >= 4 is 0 Å². The third-order valence-corrected chi connectivity index (χ3v) is 3.83. The van der Waals surface area contributed by atoms with Gasteiger partial charge in [0.05, 0.1) is 20.3 Å². The molecule has 2 aliphatic heterocycles. The summed E-state index contributed by atoms with van der Waals surface area (Å²) in [5, 5.41) is 3.51. The van der Waals surface area contributed by atoms with Gasteiger partial charge in [-0.25, -0.2) is 0 Å². The van der Waals surface area contributed by atoms with Crippen LogP contribution in [0.5, 0.6) is 11.5 Å². The van der Waals surface area contributed by atoms with E-state index in [1.807, 2.05) is 6.07 Å². The van der Waals surface area contributed by atoms with E-state index in [0.717, 1.165) is 31.1 Å². The fraction of sp³-hybridized carbons (Fsp3) is 0.600. The average molecular weight is 263 g/mol. The van der Waals surface area contributed by atoms with Crippen molar-refractivity contribution in [1.29, 1.82) is 0 Å². The topological polar surface area (TPSA) is 39.7 Å². The molecule has 19 heavy (non-hydrogen) atoms. The monoisotopic (exact) mass is 263 g/mol. The van der Waals surface area contributed by atoms with E-state index >= 15 is 0 Å². The molecule has 4 nitrogen and oxygen atoms in total. The Morgan fingerprint density at radius 1 is 1.26 bits per heavy atom. The van der Waals surface area contributed by atoms with Gasteiger partial charge in [-0.15, -0.1) is 0 Å². The van der Waals surface area contributed by atoms with Crippen LogP contribution in [0.3, 0.4) is 0 Å². The van der Waals surface area contributed by atoms with Gasteiger partial charge in [0.2, 0.25) is 0 Å². The SMILES string of the molecule is COc1ccc(C2CCCN2)cc1OC1CCOC1. The highest BCUT2D eigenvalue weighted by molar-refractivity contribution is 5.44. The second-order valence-corrected chi connectivity index (χ2v) is 5.16. The van der Waals surface area contributed by atoms with Gasteiger partial charge in [-0.3, -0.25) is 0 Å². The number of hydrogen-bond acceptors (Lipinski definition) is 4. The van der Waals surface area contributed by atoms with Gasteiger partial charge in [-0.05, 0) is 37.1 Å². The first-order valence-corrected chi connectivity index (χ1v) is 7.02. The summed E-state index contributed by atoms with van der Waals surface area (Å²) >= 11 is 0. The molecule has 0 spiro atoms. The number of methoxy groups -OCH3 is 1. The third kappa shape index (κ3) is 2.85. The van der Waals surface area contributed by atoms with Gasteiger partial charge < -0.3 is 19.5 Å². The number of benzene rings is 1. The lowest BCUT2D eigenvalue weighted by Crippen LogP contribution is -2.17. The first-order chi connectivity index (χ1) is 9.36. The highest BCUT2D eigenvalue weighted by Gasteiger charge is 2.21. The van der Waals surface area contributed by atoms with Crippen LogP contribution in [0, 0.1) is 0 Å². The molecule has 2 fully saturated rings. The molecule has 0 aliphatic carbocycles. The summed E-state index contributed by atoms with van der Waals surface area (Å²) in [4.78, 5) is 0. The normalized spacial score (nSPS) is 26.6. The molecule has 3 rings (SSSR count). The van der Waals surface area contributed by atoms with Crippen molar-refractivity contribution in [2.75, 3.05) is 26.9 Å². The maximum absolute atomic E-state index is 6.02. The lowest BCUT2D eigenvalue weighted by atomic mass is 10.0. The Morgan fingerprint density at radius 3 is 2.89 bits per heavy atom. The van der Waals surface area contributed by atoms with Crippen molar-refractivity contribution in [3.63, 3.8) is 0 Å². The van der Waals surface area contributed by atoms with Gasteiger partial charge in [0, 0.05) is 12.5 Å². The van der Waals surface area contributed by atoms with Crippen LogP contribution in [0.25, 0.3) is 0 Å².